The Hall–Kier alpha value is -1.40. The van der Waals surface area contributed by atoms with Gasteiger partial charge >= 0.3 is 0 Å². The minimum Gasteiger partial charge on any atom is -0.300 e. The first-order chi connectivity index (χ1) is 6.45. The van der Waals surface area contributed by atoms with Crippen molar-refractivity contribution in [1.29, 1.82) is 5.26 Å². The van der Waals surface area contributed by atoms with Crippen LogP contribution in [0.15, 0.2) is 24.3 Å². The Morgan fingerprint density at radius 3 is 2.07 bits per heavy atom. The van der Waals surface area contributed by atoms with E-state index in [0.717, 1.165) is 5.56 Å². The van der Waals surface area contributed by atoms with Crippen LogP contribution in [0.5, 0.6) is 0 Å². The highest BCUT2D eigenvalue weighted by Crippen LogP contribution is 2.12. The highest BCUT2D eigenvalue weighted by atomic mass is 28.3. The van der Waals surface area contributed by atoms with Crippen molar-refractivity contribution >= 4 is 13.5 Å². The molecule has 1 rings (SSSR count). The predicted molar refractivity (Wildman–Crippen MR) is 58.8 cm³/mol. The Morgan fingerprint density at radius 1 is 1.21 bits per heavy atom. The van der Waals surface area contributed by atoms with E-state index in [0.29, 0.717) is 5.56 Å². The molecule has 72 valence electrons. The number of hydrogen-bond acceptors (Lipinski definition) is 2. The number of hydrogen-bond donors (Lipinski definition) is 0. The number of nitriles is 1. The minimum absolute atomic E-state index is 0.238. The van der Waals surface area contributed by atoms with E-state index < -0.39 is 8.07 Å². The third kappa shape index (κ3) is 2.30. The summed E-state index contributed by atoms with van der Waals surface area (Å²) in [6, 6.07) is 8.88. The lowest BCUT2D eigenvalue weighted by Crippen LogP contribution is -2.33. The van der Waals surface area contributed by atoms with Crippen LogP contribution in [0.1, 0.15) is 15.9 Å². The molecule has 0 atom stereocenters. The number of carbonyl (C=O) groups excluding carboxylic acids is 1. The molecule has 0 N–H and O–H groups in total. The van der Waals surface area contributed by atoms with E-state index >= 15 is 0 Å². The van der Waals surface area contributed by atoms with Gasteiger partial charge in [0, 0.05) is 5.56 Å². The molecule has 0 aliphatic rings. The van der Waals surface area contributed by atoms with Crippen molar-refractivity contribution in [3.05, 3.63) is 35.4 Å². The monoisotopic (exact) mass is 203 g/mol. The molecular weight excluding hydrogens is 190 g/mol. The van der Waals surface area contributed by atoms with Gasteiger partial charge in [-0.2, -0.15) is 5.26 Å². The highest BCUT2D eigenvalue weighted by Gasteiger charge is 2.25. The fourth-order valence-corrected chi connectivity index (χ4v) is 2.16. The smallest absolute Gasteiger partial charge is 0.139 e. The molecule has 0 radical (unpaired) electrons. The van der Waals surface area contributed by atoms with Gasteiger partial charge in [0.1, 0.15) is 13.5 Å². The number of carbonyl (C=O) groups is 1. The van der Waals surface area contributed by atoms with E-state index in [4.69, 9.17) is 5.26 Å². The van der Waals surface area contributed by atoms with Gasteiger partial charge in [0.2, 0.25) is 0 Å². The second kappa shape index (κ2) is 3.77. The Labute approximate surface area is 85.2 Å². The topological polar surface area (TPSA) is 40.9 Å². The van der Waals surface area contributed by atoms with Crippen molar-refractivity contribution < 1.29 is 4.79 Å². The zero-order valence-corrected chi connectivity index (χ0v) is 9.66. The van der Waals surface area contributed by atoms with Crippen molar-refractivity contribution in [1.82, 2.24) is 0 Å². The molecule has 0 fully saturated rings. The van der Waals surface area contributed by atoms with Crippen LogP contribution in [0.4, 0.5) is 0 Å². The quantitative estimate of drug-likeness (QED) is 0.693. The summed E-state index contributed by atoms with van der Waals surface area (Å²) >= 11 is 0. The van der Waals surface area contributed by atoms with Crippen LogP contribution in [0.25, 0.3) is 0 Å². The average Bonchev–Trinajstić information content (AvgIpc) is 2.15. The van der Waals surface area contributed by atoms with Crippen LogP contribution < -0.4 is 0 Å². The summed E-state index contributed by atoms with van der Waals surface area (Å²) < 4.78 is 0. The summed E-state index contributed by atoms with van der Waals surface area (Å²) in [6.07, 6.45) is 0. The maximum Gasteiger partial charge on any atom is 0.139 e. The molecule has 2 nitrogen and oxygen atoms in total. The number of benzene rings is 1. The molecule has 0 bridgehead atoms. The summed E-state index contributed by atoms with van der Waals surface area (Å²) in [7, 11) is -1.75. The second-order valence-electron chi connectivity index (χ2n) is 4.27. The summed E-state index contributed by atoms with van der Waals surface area (Å²) in [4.78, 5) is 11.8. The molecule has 0 spiro atoms. The molecule has 0 saturated carbocycles. The lowest BCUT2D eigenvalue weighted by atomic mass is 10.2. The maximum atomic E-state index is 11.8. The van der Waals surface area contributed by atoms with E-state index in [9.17, 15) is 4.79 Å². The van der Waals surface area contributed by atoms with Gasteiger partial charge in [-0.1, -0.05) is 31.8 Å². The lowest BCUT2D eigenvalue weighted by Gasteiger charge is -2.13. The summed E-state index contributed by atoms with van der Waals surface area (Å²) in [6.45, 7) is 6.06. The molecule has 1 aromatic rings. The van der Waals surface area contributed by atoms with Crippen molar-refractivity contribution in [3.63, 3.8) is 0 Å². The molecule has 0 aliphatic carbocycles. The van der Waals surface area contributed by atoms with Gasteiger partial charge in [-0.05, 0) is 12.1 Å². The van der Waals surface area contributed by atoms with Crippen LogP contribution >= 0.6 is 0 Å². The molecule has 3 heteroatoms. The van der Waals surface area contributed by atoms with Gasteiger partial charge < -0.3 is 4.79 Å². The maximum absolute atomic E-state index is 11.8. The second-order valence-corrected chi connectivity index (χ2v) is 9.22. The molecule has 1 aromatic carbocycles. The van der Waals surface area contributed by atoms with Crippen LogP contribution in [-0.4, -0.2) is 13.5 Å². The van der Waals surface area contributed by atoms with Crippen LogP contribution in [-0.2, 0) is 0 Å². The Morgan fingerprint density at radius 2 is 1.71 bits per heavy atom. The van der Waals surface area contributed by atoms with Crippen molar-refractivity contribution in [3.8, 4) is 6.07 Å². The molecule has 0 heterocycles. The third-order valence-electron chi connectivity index (χ3n) is 1.96. The molecule has 0 aliphatic heterocycles. The molecule has 0 amide bonds. The molecule has 14 heavy (non-hydrogen) atoms. The van der Waals surface area contributed by atoms with Crippen LogP contribution in [0, 0.1) is 11.3 Å². The molecular formula is C11H13NOSi. The minimum atomic E-state index is -1.75. The Balaban J connectivity index is 3.00. The van der Waals surface area contributed by atoms with Crippen LogP contribution in [0.3, 0.4) is 0 Å². The fourth-order valence-electron chi connectivity index (χ4n) is 1.13. The largest absolute Gasteiger partial charge is 0.300 e. The van der Waals surface area contributed by atoms with Crippen LogP contribution in [0.2, 0.25) is 19.6 Å². The van der Waals surface area contributed by atoms with E-state index in [1.807, 2.05) is 25.7 Å². The van der Waals surface area contributed by atoms with E-state index in [2.05, 4.69) is 0 Å². The van der Waals surface area contributed by atoms with Gasteiger partial charge in [-0.3, -0.25) is 0 Å². The van der Waals surface area contributed by atoms with Gasteiger partial charge in [-0.25, -0.2) is 0 Å². The van der Waals surface area contributed by atoms with Gasteiger partial charge in [0.25, 0.3) is 0 Å². The Kier molecular flexibility index (Phi) is 2.87. The SMILES string of the molecule is C[Si](C)(C)C(=O)c1ccc(C#N)cc1. The fraction of sp³-hybridized carbons (Fsp3) is 0.273. The number of nitrogens with zero attached hydrogens (tertiary/aromatic N) is 1. The highest BCUT2D eigenvalue weighted by molar-refractivity contribution is 7.05. The molecule has 0 saturated heterocycles. The van der Waals surface area contributed by atoms with Crippen molar-refractivity contribution in [2.75, 3.05) is 0 Å². The van der Waals surface area contributed by atoms with Gasteiger partial charge in [0.15, 0.2) is 0 Å². The first kappa shape index (κ1) is 10.7. The summed E-state index contributed by atoms with van der Waals surface area (Å²) in [5.74, 6) is 0. The van der Waals surface area contributed by atoms with E-state index in [-0.39, 0.29) is 5.41 Å². The number of rotatable bonds is 2. The zero-order chi connectivity index (χ0) is 10.8. The van der Waals surface area contributed by atoms with Crippen molar-refractivity contribution in [2.24, 2.45) is 0 Å². The van der Waals surface area contributed by atoms with Gasteiger partial charge in [0.05, 0.1) is 11.6 Å². The van der Waals surface area contributed by atoms with Gasteiger partial charge in [-0.15, -0.1) is 0 Å². The molecule has 0 aromatic heterocycles. The molecule has 0 unspecified atom stereocenters. The van der Waals surface area contributed by atoms with E-state index in [1.54, 1.807) is 24.3 Å². The normalized spacial score (nSPS) is 10.7. The predicted octanol–water partition coefficient (Wildman–Crippen LogP) is 2.62. The summed E-state index contributed by atoms with van der Waals surface area (Å²) in [5, 5.41) is 8.84. The Bertz CT molecular complexity index is 381. The first-order valence-corrected chi connectivity index (χ1v) is 8.00. The third-order valence-corrected chi connectivity index (χ3v) is 3.61. The lowest BCUT2D eigenvalue weighted by molar-refractivity contribution is 0.106. The summed E-state index contributed by atoms with van der Waals surface area (Å²) in [5.41, 5.74) is 1.32. The zero-order valence-electron chi connectivity index (χ0n) is 8.66. The van der Waals surface area contributed by atoms with E-state index in [1.165, 1.54) is 0 Å². The standard InChI is InChI=1S/C11H13NOSi/c1-14(2,3)11(13)10-6-4-9(8-12)5-7-10/h4-7H,1-3H3. The van der Waals surface area contributed by atoms with Crippen molar-refractivity contribution in [2.45, 2.75) is 19.6 Å². The average molecular weight is 203 g/mol. The first-order valence-electron chi connectivity index (χ1n) is 4.50.